The zero-order valence-electron chi connectivity index (χ0n) is 53.2. The molecule has 446 valence electrons. The molecule has 10 aromatic carbocycles. The molecule has 0 N–H and O–H groups in total. The lowest BCUT2D eigenvalue weighted by Gasteiger charge is -2.45. The van der Waals surface area contributed by atoms with Crippen LogP contribution in [-0.4, -0.2) is 26.2 Å². The smallest absolute Gasteiger partial charge is 0.311 e. The predicted molar refractivity (Wildman–Crippen MR) is 370 cm³/mol. The second-order valence-corrected chi connectivity index (χ2v) is 28.5. The Morgan fingerprint density at radius 1 is 0.333 bits per heavy atom. The Balaban J connectivity index is 1.03. The van der Waals surface area contributed by atoms with Gasteiger partial charge in [-0.25, -0.2) is 15.0 Å². The van der Waals surface area contributed by atoms with Crippen molar-refractivity contribution >= 4 is 79.0 Å². The quantitative estimate of drug-likeness (QED) is 0.149. The number of para-hydroxylation sites is 3. The van der Waals surface area contributed by atoms with E-state index in [4.69, 9.17) is 15.0 Å². The van der Waals surface area contributed by atoms with Gasteiger partial charge in [-0.05, 0) is 156 Å². The van der Waals surface area contributed by atoms with Crippen LogP contribution in [0.25, 0.3) is 72.8 Å². The summed E-state index contributed by atoms with van der Waals surface area (Å²) in [5.41, 5.74) is 19.4. The topological polar surface area (TPSA) is 50.1 Å². The SMILES string of the molecule is CC(C)(C)c1cc(N2c3ccccc3B3c4ccccc4N(c4cc(C(C)(C)C)cc(C(C)(C)C)c4)c4cc(-c5ccc6c(c5)c5ccccc5n6-c5ccc(C(F)(F)F)c(-c6nc(-c7ccccc7)nc(-c7ccccc7)n6)c5)cc2c43)cc(C(C)(C)C)c1. The van der Waals surface area contributed by atoms with Gasteiger partial charge in [-0.15, -0.1) is 0 Å². The van der Waals surface area contributed by atoms with Crippen molar-refractivity contribution in [3.63, 3.8) is 0 Å². The van der Waals surface area contributed by atoms with Gasteiger partial charge in [-0.2, -0.15) is 13.2 Å². The number of alkyl halides is 3. The summed E-state index contributed by atoms with van der Waals surface area (Å²) >= 11 is 0. The van der Waals surface area contributed by atoms with Gasteiger partial charge in [0.1, 0.15) is 0 Å². The Kier molecular flexibility index (Phi) is 13.6. The maximum atomic E-state index is 15.5. The summed E-state index contributed by atoms with van der Waals surface area (Å²) in [7, 11) is 0. The molecule has 2 aliphatic heterocycles. The standard InChI is InChI=1S/C80H72BF3N6/c1-76(2,3)53-42-54(77(4,5)6)45-58(44-53)89-68-33-23-20-30-64(68)81-65-31-21-24-34-69(65)90(59-46-55(78(7,8)9)43-56(47-59)79(10,11)12)71-41-52(40-70(89)72(71)81)51-35-38-67-61(39-51)60-29-19-22-32-66(60)88(67)57-36-37-63(80(82,83)84)62(48-57)75-86-73(49-25-15-13-16-26-49)85-74(87-75)50-27-17-14-18-28-50/h13-48H,1-12H3. The Morgan fingerprint density at radius 3 is 1.24 bits per heavy atom. The van der Waals surface area contributed by atoms with Crippen molar-refractivity contribution in [3.8, 4) is 51.0 Å². The molecule has 0 radical (unpaired) electrons. The van der Waals surface area contributed by atoms with Gasteiger partial charge in [0.25, 0.3) is 6.71 Å². The Morgan fingerprint density at radius 2 is 0.767 bits per heavy atom. The van der Waals surface area contributed by atoms with E-state index in [-0.39, 0.29) is 51.4 Å². The third kappa shape index (κ3) is 10.1. The fraction of sp³-hybridized carbons (Fsp3) is 0.212. The normalized spacial score (nSPS) is 13.4. The maximum Gasteiger partial charge on any atom is 0.417 e. The minimum atomic E-state index is -4.73. The Bertz CT molecular complexity index is 4560. The highest BCUT2D eigenvalue weighted by Crippen LogP contribution is 2.50. The van der Waals surface area contributed by atoms with Gasteiger partial charge in [0, 0.05) is 67.3 Å². The molecule has 90 heavy (non-hydrogen) atoms. The number of hydrogen-bond donors (Lipinski definition) is 0. The van der Waals surface area contributed by atoms with Crippen LogP contribution in [0.15, 0.2) is 218 Å². The average molecular weight is 1190 g/mol. The summed E-state index contributed by atoms with van der Waals surface area (Å²) < 4.78 is 48.6. The highest BCUT2D eigenvalue weighted by Gasteiger charge is 2.44. The van der Waals surface area contributed by atoms with Crippen molar-refractivity contribution in [2.24, 2.45) is 0 Å². The van der Waals surface area contributed by atoms with E-state index in [1.54, 1.807) is 12.1 Å². The third-order valence-electron chi connectivity index (χ3n) is 18.2. The Labute approximate surface area is 526 Å². The van der Waals surface area contributed by atoms with E-state index in [0.717, 1.165) is 73.1 Å². The maximum absolute atomic E-state index is 15.5. The molecule has 6 nitrogen and oxygen atoms in total. The van der Waals surface area contributed by atoms with Crippen molar-refractivity contribution in [1.82, 2.24) is 19.5 Å². The highest BCUT2D eigenvalue weighted by atomic mass is 19.4. The van der Waals surface area contributed by atoms with Crippen LogP contribution in [0, 0.1) is 0 Å². The molecule has 12 aromatic rings. The summed E-state index contributed by atoms with van der Waals surface area (Å²) in [4.78, 5) is 19.5. The van der Waals surface area contributed by atoms with E-state index in [2.05, 4.69) is 219 Å². The molecule has 0 saturated heterocycles. The number of benzene rings is 10. The van der Waals surface area contributed by atoms with Crippen LogP contribution < -0.4 is 26.2 Å². The van der Waals surface area contributed by atoms with Crippen molar-refractivity contribution in [3.05, 3.63) is 246 Å². The number of fused-ring (bicyclic) bond motifs is 7. The van der Waals surface area contributed by atoms with E-state index >= 15 is 13.2 Å². The summed E-state index contributed by atoms with van der Waals surface area (Å²) in [6.07, 6.45) is -4.73. The zero-order chi connectivity index (χ0) is 63.0. The largest absolute Gasteiger partial charge is 0.417 e. The lowest BCUT2D eigenvalue weighted by molar-refractivity contribution is -0.137. The molecule has 0 bridgehead atoms. The monoisotopic (exact) mass is 1180 g/mol. The van der Waals surface area contributed by atoms with Gasteiger partial charge >= 0.3 is 6.18 Å². The van der Waals surface area contributed by atoms with Crippen molar-refractivity contribution < 1.29 is 13.2 Å². The van der Waals surface area contributed by atoms with E-state index in [1.807, 2.05) is 78.9 Å². The summed E-state index contributed by atoms with van der Waals surface area (Å²) in [5.74, 6) is 0.469. The number of aromatic nitrogens is 4. The first-order valence-corrected chi connectivity index (χ1v) is 31.2. The van der Waals surface area contributed by atoms with Crippen LogP contribution in [0.1, 0.15) is 111 Å². The minimum Gasteiger partial charge on any atom is -0.311 e. The molecule has 0 fully saturated rings. The minimum absolute atomic E-state index is 0.0774. The molecular weight excluding hydrogens is 1110 g/mol. The first-order valence-electron chi connectivity index (χ1n) is 31.2. The molecule has 0 saturated carbocycles. The average Bonchev–Trinajstić information content (AvgIpc) is 0.790. The van der Waals surface area contributed by atoms with Crippen LogP contribution >= 0.6 is 0 Å². The second kappa shape index (κ2) is 21.0. The van der Waals surface area contributed by atoms with Gasteiger partial charge < -0.3 is 14.4 Å². The van der Waals surface area contributed by atoms with Crippen molar-refractivity contribution in [1.29, 1.82) is 0 Å². The van der Waals surface area contributed by atoms with Crippen molar-refractivity contribution in [2.75, 3.05) is 9.80 Å². The van der Waals surface area contributed by atoms with Gasteiger partial charge in [-0.1, -0.05) is 217 Å². The lowest BCUT2D eigenvalue weighted by atomic mass is 9.33. The number of anilines is 6. The van der Waals surface area contributed by atoms with Crippen LogP contribution in [-0.2, 0) is 27.8 Å². The predicted octanol–water partition coefficient (Wildman–Crippen LogP) is 19.9. The fourth-order valence-corrected chi connectivity index (χ4v) is 13.3. The third-order valence-corrected chi connectivity index (χ3v) is 18.2. The molecule has 4 heterocycles. The first-order chi connectivity index (χ1) is 42.8. The molecule has 14 rings (SSSR count). The molecule has 0 atom stereocenters. The van der Waals surface area contributed by atoms with Crippen LogP contribution in [0.3, 0.4) is 0 Å². The number of halogens is 3. The van der Waals surface area contributed by atoms with E-state index < -0.39 is 11.7 Å². The van der Waals surface area contributed by atoms with Crippen LogP contribution in [0.5, 0.6) is 0 Å². The van der Waals surface area contributed by atoms with E-state index in [9.17, 15) is 0 Å². The van der Waals surface area contributed by atoms with Gasteiger partial charge in [0.05, 0.1) is 16.6 Å². The van der Waals surface area contributed by atoms with Gasteiger partial charge in [0.15, 0.2) is 17.5 Å². The van der Waals surface area contributed by atoms with Crippen LogP contribution in [0.2, 0.25) is 0 Å². The van der Waals surface area contributed by atoms with E-state index in [0.29, 0.717) is 16.8 Å². The molecule has 0 amide bonds. The number of hydrogen-bond acceptors (Lipinski definition) is 5. The number of nitrogens with zero attached hydrogens (tertiary/aromatic N) is 6. The number of rotatable bonds is 7. The highest BCUT2D eigenvalue weighted by molar-refractivity contribution is 7.00. The summed E-state index contributed by atoms with van der Waals surface area (Å²) in [6.45, 7) is 27.5. The molecule has 2 aromatic heterocycles. The first kappa shape index (κ1) is 58.2. The molecule has 2 aliphatic rings. The lowest BCUT2D eigenvalue weighted by Crippen LogP contribution is -2.61. The zero-order valence-corrected chi connectivity index (χ0v) is 53.2. The van der Waals surface area contributed by atoms with Crippen LogP contribution in [0.4, 0.5) is 47.3 Å². The summed E-state index contributed by atoms with van der Waals surface area (Å²) in [6, 6.07) is 74.9. The van der Waals surface area contributed by atoms with Crippen molar-refractivity contribution in [2.45, 2.75) is 111 Å². The van der Waals surface area contributed by atoms with Gasteiger partial charge in [-0.3, -0.25) is 0 Å². The second-order valence-electron chi connectivity index (χ2n) is 28.5. The molecule has 10 heteroatoms. The fourth-order valence-electron chi connectivity index (χ4n) is 13.3. The molecule has 0 spiro atoms. The van der Waals surface area contributed by atoms with E-state index in [1.165, 1.54) is 38.6 Å². The van der Waals surface area contributed by atoms with Gasteiger partial charge in [0.2, 0.25) is 0 Å². The summed E-state index contributed by atoms with van der Waals surface area (Å²) in [5, 5.41) is 1.91. The Hall–Kier alpha value is -9.54. The molecular formula is C80H72BF3N6. The molecule has 0 aliphatic carbocycles. The molecule has 0 unspecified atom stereocenters.